The molecule has 0 atom stereocenters. The highest BCUT2D eigenvalue weighted by molar-refractivity contribution is 14.1. The number of esters is 1. The fraction of sp³-hybridized carbons (Fsp3) is 0.207. The summed E-state index contributed by atoms with van der Waals surface area (Å²) in [5.74, 6) is 1.01. The second-order valence-electron chi connectivity index (χ2n) is 8.38. The second kappa shape index (κ2) is 13.0. The Kier molecular flexibility index (Phi) is 9.52. The van der Waals surface area contributed by atoms with E-state index in [1.165, 1.54) is 4.90 Å². The van der Waals surface area contributed by atoms with Crippen molar-refractivity contribution in [1.29, 1.82) is 0 Å². The number of thioether (sulfide) groups is 1. The molecule has 1 fully saturated rings. The van der Waals surface area contributed by atoms with Crippen molar-refractivity contribution < 1.29 is 33.3 Å². The maximum atomic E-state index is 13.0. The standard InChI is InChI=1S/C29H26INO7S/c1-4-36-24-16-19(15-23(30)26(24)38-28(33)20-8-10-21(35-3)11-9-20)17-25-27(32)31(29(34)39-25)12-13-37-22-7-5-6-18(2)14-22/h5-11,14-17H,4,12-13H2,1-3H3/b25-17-. The first-order chi connectivity index (χ1) is 18.8. The fourth-order valence-electron chi connectivity index (χ4n) is 3.72. The van der Waals surface area contributed by atoms with Crippen LogP contribution in [0.4, 0.5) is 4.79 Å². The van der Waals surface area contributed by atoms with Gasteiger partial charge in [-0.15, -0.1) is 0 Å². The summed E-state index contributed by atoms with van der Waals surface area (Å²) in [6.07, 6.45) is 1.63. The molecule has 0 spiro atoms. The summed E-state index contributed by atoms with van der Waals surface area (Å²) in [6, 6.07) is 17.6. The Hall–Kier alpha value is -3.51. The molecule has 4 rings (SSSR count). The summed E-state index contributed by atoms with van der Waals surface area (Å²) in [5.41, 5.74) is 2.05. The van der Waals surface area contributed by atoms with Gasteiger partial charge in [0.05, 0.1) is 34.3 Å². The monoisotopic (exact) mass is 659 g/mol. The Morgan fingerprint density at radius 3 is 2.49 bits per heavy atom. The number of benzene rings is 3. The average molecular weight is 659 g/mol. The van der Waals surface area contributed by atoms with Gasteiger partial charge in [0.15, 0.2) is 11.5 Å². The van der Waals surface area contributed by atoms with Crippen molar-refractivity contribution in [3.8, 4) is 23.0 Å². The van der Waals surface area contributed by atoms with Gasteiger partial charge in [-0.25, -0.2) is 4.79 Å². The Morgan fingerprint density at radius 2 is 1.79 bits per heavy atom. The van der Waals surface area contributed by atoms with Gasteiger partial charge in [0.25, 0.3) is 11.1 Å². The van der Waals surface area contributed by atoms with Crippen LogP contribution in [-0.2, 0) is 4.79 Å². The Balaban J connectivity index is 1.48. The molecular formula is C29H26INO7S. The number of carbonyl (C=O) groups is 3. The van der Waals surface area contributed by atoms with E-state index < -0.39 is 5.97 Å². The van der Waals surface area contributed by atoms with E-state index in [-0.39, 0.29) is 35.0 Å². The minimum Gasteiger partial charge on any atom is -0.497 e. The van der Waals surface area contributed by atoms with Gasteiger partial charge in [-0.1, -0.05) is 12.1 Å². The number of imide groups is 1. The third kappa shape index (κ3) is 7.12. The van der Waals surface area contributed by atoms with Crippen LogP contribution in [0.3, 0.4) is 0 Å². The molecule has 10 heteroatoms. The van der Waals surface area contributed by atoms with Crippen molar-refractivity contribution >= 4 is 57.5 Å². The highest BCUT2D eigenvalue weighted by Crippen LogP contribution is 2.38. The first-order valence-electron chi connectivity index (χ1n) is 12.1. The van der Waals surface area contributed by atoms with Crippen LogP contribution in [0.5, 0.6) is 23.0 Å². The van der Waals surface area contributed by atoms with Gasteiger partial charge in [0, 0.05) is 0 Å². The molecule has 0 unspecified atom stereocenters. The summed E-state index contributed by atoms with van der Waals surface area (Å²) >= 11 is 2.92. The van der Waals surface area contributed by atoms with E-state index in [4.69, 9.17) is 18.9 Å². The summed E-state index contributed by atoms with van der Waals surface area (Å²) in [7, 11) is 1.55. The predicted molar refractivity (Wildman–Crippen MR) is 158 cm³/mol. The van der Waals surface area contributed by atoms with Gasteiger partial charge in [-0.05, 0) is 114 Å². The molecule has 0 radical (unpaired) electrons. The molecule has 1 heterocycles. The van der Waals surface area contributed by atoms with Crippen molar-refractivity contribution in [1.82, 2.24) is 4.90 Å². The van der Waals surface area contributed by atoms with Crippen LogP contribution in [0.2, 0.25) is 0 Å². The van der Waals surface area contributed by atoms with Crippen molar-refractivity contribution in [3.63, 3.8) is 0 Å². The van der Waals surface area contributed by atoms with Crippen LogP contribution in [0, 0.1) is 10.5 Å². The predicted octanol–water partition coefficient (Wildman–Crippen LogP) is 6.34. The zero-order valence-electron chi connectivity index (χ0n) is 21.6. The van der Waals surface area contributed by atoms with E-state index in [0.717, 1.165) is 17.3 Å². The molecule has 0 aromatic heterocycles. The van der Waals surface area contributed by atoms with E-state index >= 15 is 0 Å². The summed E-state index contributed by atoms with van der Waals surface area (Å²) in [4.78, 5) is 39.7. The lowest BCUT2D eigenvalue weighted by atomic mass is 10.1. The first kappa shape index (κ1) is 28.5. The van der Waals surface area contributed by atoms with Crippen LogP contribution in [0.25, 0.3) is 6.08 Å². The molecule has 1 aliphatic heterocycles. The number of carbonyl (C=O) groups excluding carboxylic acids is 3. The summed E-state index contributed by atoms with van der Waals surface area (Å²) in [5, 5.41) is -0.358. The fourth-order valence-corrected chi connectivity index (χ4v) is 5.32. The number of amides is 2. The molecular weight excluding hydrogens is 633 g/mol. The molecule has 3 aromatic rings. The molecule has 39 heavy (non-hydrogen) atoms. The Bertz CT molecular complexity index is 1420. The number of ether oxygens (including phenoxy) is 4. The molecule has 0 N–H and O–H groups in total. The molecule has 0 saturated carbocycles. The molecule has 3 aromatic carbocycles. The largest absolute Gasteiger partial charge is 0.497 e. The molecule has 1 aliphatic rings. The Morgan fingerprint density at radius 1 is 1.03 bits per heavy atom. The maximum absolute atomic E-state index is 13.0. The lowest BCUT2D eigenvalue weighted by Gasteiger charge is -2.14. The average Bonchev–Trinajstić information content (AvgIpc) is 3.18. The van der Waals surface area contributed by atoms with Crippen LogP contribution in [0.15, 0.2) is 65.6 Å². The second-order valence-corrected chi connectivity index (χ2v) is 10.5. The number of methoxy groups -OCH3 is 1. The SMILES string of the molecule is CCOc1cc(/C=C2\SC(=O)N(CCOc3cccc(C)c3)C2=O)cc(I)c1OC(=O)c1ccc(OC)cc1. The van der Waals surface area contributed by atoms with E-state index in [1.54, 1.807) is 49.6 Å². The zero-order chi connectivity index (χ0) is 27.9. The summed E-state index contributed by atoms with van der Waals surface area (Å²) in [6.45, 7) is 4.44. The van der Waals surface area contributed by atoms with E-state index in [2.05, 4.69) is 0 Å². The number of nitrogens with zero attached hydrogens (tertiary/aromatic N) is 1. The normalized spacial score (nSPS) is 14.1. The van der Waals surface area contributed by atoms with Gasteiger partial charge < -0.3 is 18.9 Å². The van der Waals surface area contributed by atoms with Gasteiger partial charge in [0.1, 0.15) is 18.1 Å². The highest BCUT2D eigenvalue weighted by atomic mass is 127. The van der Waals surface area contributed by atoms with Crippen molar-refractivity contribution in [3.05, 3.63) is 85.8 Å². The van der Waals surface area contributed by atoms with Crippen molar-refractivity contribution in [2.75, 3.05) is 26.9 Å². The number of hydrogen-bond acceptors (Lipinski definition) is 8. The third-order valence-corrected chi connectivity index (χ3v) is 7.31. The molecule has 8 nitrogen and oxygen atoms in total. The van der Waals surface area contributed by atoms with Crippen LogP contribution in [-0.4, -0.2) is 48.9 Å². The molecule has 0 bridgehead atoms. The first-order valence-corrected chi connectivity index (χ1v) is 14.0. The van der Waals surface area contributed by atoms with Crippen LogP contribution in [0.1, 0.15) is 28.4 Å². The topological polar surface area (TPSA) is 91.4 Å². The highest BCUT2D eigenvalue weighted by Gasteiger charge is 2.35. The quantitative estimate of drug-likeness (QED) is 0.108. The van der Waals surface area contributed by atoms with Gasteiger partial charge in [-0.3, -0.25) is 14.5 Å². The summed E-state index contributed by atoms with van der Waals surface area (Å²) < 4.78 is 22.9. The van der Waals surface area contributed by atoms with E-state index in [1.807, 2.05) is 60.7 Å². The number of aryl methyl sites for hydroxylation is 1. The van der Waals surface area contributed by atoms with Crippen LogP contribution >= 0.6 is 34.4 Å². The minimum atomic E-state index is -0.543. The third-order valence-electron chi connectivity index (χ3n) is 5.60. The van der Waals surface area contributed by atoms with E-state index in [9.17, 15) is 14.4 Å². The van der Waals surface area contributed by atoms with Crippen molar-refractivity contribution in [2.45, 2.75) is 13.8 Å². The lowest BCUT2D eigenvalue weighted by Crippen LogP contribution is -2.32. The van der Waals surface area contributed by atoms with Crippen LogP contribution < -0.4 is 18.9 Å². The number of hydrogen-bond donors (Lipinski definition) is 0. The maximum Gasteiger partial charge on any atom is 0.343 e. The van der Waals surface area contributed by atoms with Gasteiger partial charge >= 0.3 is 5.97 Å². The van der Waals surface area contributed by atoms with Gasteiger partial charge in [0.2, 0.25) is 0 Å². The zero-order valence-corrected chi connectivity index (χ0v) is 24.5. The lowest BCUT2D eigenvalue weighted by molar-refractivity contribution is -0.123. The number of rotatable bonds is 10. The molecule has 202 valence electrons. The smallest absolute Gasteiger partial charge is 0.343 e. The van der Waals surface area contributed by atoms with Crippen molar-refractivity contribution in [2.24, 2.45) is 0 Å². The molecule has 1 saturated heterocycles. The van der Waals surface area contributed by atoms with E-state index in [0.29, 0.717) is 38.6 Å². The minimum absolute atomic E-state index is 0.137. The van der Waals surface area contributed by atoms with Gasteiger partial charge in [-0.2, -0.15) is 0 Å². The number of halogens is 1. The Labute approximate surface area is 244 Å². The molecule has 2 amide bonds. The molecule has 0 aliphatic carbocycles.